The number of nitrogens with zero attached hydrogens (tertiary/aromatic N) is 2. The van der Waals surface area contributed by atoms with Gasteiger partial charge in [-0.3, -0.25) is 4.79 Å². The molecule has 1 aromatic rings. The van der Waals surface area contributed by atoms with E-state index in [1.165, 1.54) is 17.3 Å². The van der Waals surface area contributed by atoms with E-state index in [9.17, 15) is 4.79 Å². The number of carbonyl (C=O) groups is 1. The van der Waals surface area contributed by atoms with E-state index in [1.54, 1.807) is 0 Å². The van der Waals surface area contributed by atoms with Gasteiger partial charge in [0.25, 0.3) is 0 Å². The van der Waals surface area contributed by atoms with Gasteiger partial charge in [0.05, 0.1) is 11.0 Å². The second-order valence-electron chi connectivity index (χ2n) is 4.21. The largest absolute Gasteiger partial charge is 0.303 e. The summed E-state index contributed by atoms with van der Waals surface area (Å²) in [4.78, 5) is 11.3. The minimum atomic E-state index is -0.0846. The van der Waals surface area contributed by atoms with Crippen LogP contribution in [0.15, 0.2) is 34.5 Å². The number of carbonyl (C=O) groups excluding carboxylic acids is 1. The smallest absolute Gasteiger partial charge is 0.239 e. The molecule has 2 rings (SSSR count). The molecule has 1 heterocycles. The van der Waals surface area contributed by atoms with Gasteiger partial charge in [-0.25, -0.2) is 0 Å². The number of hydrogen-bond donors (Lipinski definition) is 1. The average molecular weight is 261 g/mol. The molecule has 94 valence electrons. The summed E-state index contributed by atoms with van der Waals surface area (Å²) in [7, 11) is 0. The van der Waals surface area contributed by atoms with Crippen LogP contribution in [0.3, 0.4) is 0 Å². The monoisotopic (exact) mass is 261 g/mol. The highest BCUT2D eigenvalue weighted by molar-refractivity contribution is 8.15. The molecule has 4 nitrogen and oxygen atoms in total. The molecule has 1 unspecified atom stereocenters. The lowest BCUT2D eigenvalue weighted by Gasteiger charge is -1.99. The first kappa shape index (κ1) is 12.8. The highest BCUT2D eigenvalue weighted by atomic mass is 32.2. The van der Waals surface area contributed by atoms with Crippen LogP contribution in [-0.2, 0) is 4.79 Å². The first-order valence-electron chi connectivity index (χ1n) is 5.73. The molecule has 1 aliphatic rings. The molecular weight excluding hydrogens is 246 g/mol. The molecular formula is C13H15N3OS. The third-order valence-electron chi connectivity index (χ3n) is 2.65. The lowest BCUT2D eigenvalue weighted by Crippen LogP contribution is -2.23. The van der Waals surface area contributed by atoms with Crippen molar-refractivity contribution >= 4 is 28.5 Å². The maximum absolute atomic E-state index is 11.3. The molecule has 0 saturated carbocycles. The Kier molecular flexibility index (Phi) is 3.81. The zero-order chi connectivity index (χ0) is 13.1. The van der Waals surface area contributed by atoms with Gasteiger partial charge in [-0.1, -0.05) is 41.6 Å². The van der Waals surface area contributed by atoms with Crippen molar-refractivity contribution < 1.29 is 4.79 Å². The number of thioether (sulfide) groups is 1. The molecule has 1 atom stereocenters. The third-order valence-corrected chi connectivity index (χ3v) is 3.62. The van der Waals surface area contributed by atoms with E-state index in [0.717, 1.165) is 11.3 Å². The van der Waals surface area contributed by atoms with Crippen molar-refractivity contribution in [3.8, 4) is 0 Å². The van der Waals surface area contributed by atoms with Crippen LogP contribution in [0.5, 0.6) is 0 Å². The summed E-state index contributed by atoms with van der Waals surface area (Å²) < 4.78 is 0. The van der Waals surface area contributed by atoms with Crippen molar-refractivity contribution in [3.05, 3.63) is 35.4 Å². The number of nitrogens with one attached hydrogen (secondary N) is 1. The van der Waals surface area contributed by atoms with Gasteiger partial charge in [0, 0.05) is 0 Å². The quantitative estimate of drug-likeness (QED) is 0.656. The first-order valence-corrected chi connectivity index (χ1v) is 6.61. The van der Waals surface area contributed by atoms with Crippen molar-refractivity contribution in [1.29, 1.82) is 0 Å². The molecule has 0 bridgehead atoms. The fourth-order valence-electron chi connectivity index (χ4n) is 1.48. The molecule has 18 heavy (non-hydrogen) atoms. The summed E-state index contributed by atoms with van der Waals surface area (Å²) in [6.45, 7) is 5.79. The van der Waals surface area contributed by atoms with Gasteiger partial charge in [0.15, 0.2) is 5.17 Å². The molecule has 1 saturated heterocycles. The predicted octanol–water partition coefficient (Wildman–Crippen LogP) is 2.33. The molecule has 0 spiro atoms. The van der Waals surface area contributed by atoms with Crippen LogP contribution in [0, 0.1) is 6.92 Å². The Morgan fingerprint density at radius 3 is 2.56 bits per heavy atom. The van der Waals surface area contributed by atoms with Crippen LogP contribution < -0.4 is 5.32 Å². The molecule has 0 aromatic heterocycles. The van der Waals surface area contributed by atoms with E-state index in [4.69, 9.17) is 0 Å². The van der Waals surface area contributed by atoms with E-state index in [1.807, 2.05) is 45.0 Å². The van der Waals surface area contributed by atoms with Crippen LogP contribution >= 0.6 is 11.8 Å². The Hall–Kier alpha value is -1.62. The Labute approximate surface area is 111 Å². The number of rotatable bonds is 2. The zero-order valence-corrected chi connectivity index (χ0v) is 11.4. The first-order chi connectivity index (χ1) is 8.56. The lowest BCUT2D eigenvalue weighted by atomic mass is 10.1. The van der Waals surface area contributed by atoms with Crippen molar-refractivity contribution in [1.82, 2.24) is 5.32 Å². The van der Waals surface area contributed by atoms with Crippen LogP contribution in [0.1, 0.15) is 25.0 Å². The van der Waals surface area contributed by atoms with Crippen LogP contribution in [-0.4, -0.2) is 22.0 Å². The Morgan fingerprint density at radius 2 is 2.00 bits per heavy atom. The number of amidine groups is 1. The van der Waals surface area contributed by atoms with Gasteiger partial charge >= 0.3 is 0 Å². The molecule has 0 radical (unpaired) electrons. The topological polar surface area (TPSA) is 53.8 Å². The summed E-state index contributed by atoms with van der Waals surface area (Å²) in [6, 6.07) is 8.10. The van der Waals surface area contributed by atoms with Crippen molar-refractivity contribution in [2.24, 2.45) is 10.2 Å². The average Bonchev–Trinajstić information content (AvgIpc) is 2.67. The summed E-state index contributed by atoms with van der Waals surface area (Å²) in [5.74, 6) is -0.0121. The van der Waals surface area contributed by atoms with Crippen LogP contribution in [0.25, 0.3) is 0 Å². The van der Waals surface area contributed by atoms with E-state index in [0.29, 0.717) is 5.17 Å². The van der Waals surface area contributed by atoms with Gasteiger partial charge in [0.2, 0.25) is 5.91 Å². The Balaban J connectivity index is 2.12. The summed E-state index contributed by atoms with van der Waals surface area (Å²) in [5, 5.41) is 11.4. The minimum Gasteiger partial charge on any atom is -0.303 e. The second-order valence-corrected chi connectivity index (χ2v) is 5.54. The van der Waals surface area contributed by atoms with Gasteiger partial charge in [-0.05, 0) is 26.3 Å². The molecule has 1 amide bonds. The fraction of sp³-hybridized carbons (Fsp3) is 0.308. The van der Waals surface area contributed by atoms with Crippen LogP contribution in [0.4, 0.5) is 0 Å². The minimum absolute atomic E-state index is 0.0121. The maximum Gasteiger partial charge on any atom is 0.239 e. The third kappa shape index (κ3) is 2.98. The van der Waals surface area contributed by atoms with Crippen molar-refractivity contribution in [2.75, 3.05) is 0 Å². The highest BCUT2D eigenvalue weighted by Crippen LogP contribution is 2.18. The molecule has 1 aliphatic heterocycles. The highest BCUT2D eigenvalue weighted by Gasteiger charge is 2.25. The van der Waals surface area contributed by atoms with Crippen LogP contribution in [0.2, 0.25) is 0 Å². The molecule has 1 aromatic carbocycles. The Morgan fingerprint density at radius 1 is 1.33 bits per heavy atom. The molecule has 5 heteroatoms. The standard InChI is InChI=1S/C13H15N3OS/c1-8-4-6-11(7-5-8)9(2)15-16-13-14-12(17)10(3)18-13/h4-7,10H,1-3H3,(H,14,16,17)/b15-9-. The number of hydrogen-bond acceptors (Lipinski definition) is 4. The van der Waals surface area contributed by atoms with Crippen molar-refractivity contribution in [3.63, 3.8) is 0 Å². The van der Waals surface area contributed by atoms with E-state index < -0.39 is 0 Å². The van der Waals surface area contributed by atoms with E-state index in [-0.39, 0.29) is 11.2 Å². The van der Waals surface area contributed by atoms with Gasteiger partial charge < -0.3 is 5.32 Å². The SMILES string of the molecule is C/C(=N/N=C1\NC(=O)C(C)S1)c1ccc(C)cc1. The number of benzene rings is 1. The van der Waals surface area contributed by atoms with Gasteiger partial charge in [0.1, 0.15) is 0 Å². The summed E-state index contributed by atoms with van der Waals surface area (Å²) in [6.07, 6.45) is 0. The van der Waals surface area contributed by atoms with Gasteiger partial charge in [-0.2, -0.15) is 5.10 Å². The maximum atomic E-state index is 11.3. The van der Waals surface area contributed by atoms with Crippen molar-refractivity contribution in [2.45, 2.75) is 26.0 Å². The lowest BCUT2D eigenvalue weighted by molar-refractivity contribution is -0.118. The number of aryl methyl sites for hydroxylation is 1. The summed E-state index contributed by atoms with van der Waals surface area (Å²) >= 11 is 1.40. The van der Waals surface area contributed by atoms with Gasteiger partial charge in [-0.15, -0.1) is 5.10 Å². The number of amides is 1. The second kappa shape index (κ2) is 5.35. The Bertz CT molecular complexity index is 520. The zero-order valence-electron chi connectivity index (χ0n) is 10.6. The fourth-order valence-corrected chi connectivity index (χ4v) is 2.23. The molecule has 1 fully saturated rings. The normalized spacial score (nSPS) is 22.4. The summed E-state index contributed by atoms with van der Waals surface area (Å²) in [5.41, 5.74) is 3.08. The predicted molar refractivity (Wildman–Crippen MR) is 76.0 cm³/mol. The van der Waals surface area contributed by atoms with E-state index in [2.05, 4.69) is 15.5 Å². The van der Waals surface area contributed by atoms with E-state index >= 15 is 0 Å². The molecule has 0 aliphatic carbocycles. The molecule has 1 N–H and O–H groups in total.